The summed E-state index contributed by atoms with van der Waals surface area (Å²) in [5.74, 6) is 0.660. The minimum absolute atomic E-state index is 0.130. The molecule has 5 atom stereocenters. The summed E-state index contributed by atoms with van der Waals surface area (Å²) < 4.78 is 36.4. The van der Waals surface area contributed by atoms with Crippen LogP contribution in [0.3, 0.4) is 0 Å². The van der Waals surface area contributed by atoms with Crippen molar-refractivity contribution in [3.63, 3.8) is 0 Å². The number of piperazine rings is 1. The fourth-order valence-corrected chi connectivity index (χ4v) is 10.6. The van der Waals surface area contributed by atoms with Gasteiger partial charge in [-0.3, -0.25) is 9.69 Å². The van der Waals surface area contributed by atoms with E-state index < -0.39 is 16.1 Å². The Morgan fingerprint density at radius 3 is 2.53 bits per heavy atom. The van der Waals surface area contributed by atoms with E-state index in [-0.39, 0.29) is 40.6 Å². The zero-order chi connectivity index (χ0) is 34.0. The lowest BCUT2D eigenvalue weighted by molar-refractivity contribution is -0.261. The van der Waals surface area contributed by atoms with E-state index in [0.717, 1.165) is 70.9 Å². The van der Waals surface area contributed by atoms with Gasteiger partial charge in [-0.25, -0.2) is 14.5 Å². The molecule has 0 radical (unpaired) electrons. The van der Waals surface area contributed by atoms with Gasteiger partial charge in [0.1, 0.15) is 5.75 Å². The van der Waals surface area contributed by atoms with E-state index in [1.807, 2.05) is 29.3 Å². The van der Waals surface area contributed by atoms with Crippen LogP contribution in [0.4, 0.5) is 4.79 Å². The summed E-state index contributed by atoms with van der Waals surface area (Å²) in [5, 5.41) is 1.09. The average molecular weight is 685 g/mol. The second-order valence-corrected chi connectivity index (χ2v) is 17.4. The quantitative estimate of drug-likeness (QED) is 0.361. The molecule has 6 aliphatic rings. The summed E-state index contributed by atoms with van der Waals surface area (Å²) in [4.78, 5) is 36.2. The molecule has 49 heavy (non-hydrogen) atoms. The maximum absolute atomic E-state index is 13.7. The average Bonchev–Trinajstić information content (AvgIpc) is 3.72. The van der Waals surface area contributed by atoms with Crippen LogP contribution >= 0.6 is 0 Å². The van der Waals surface area contributed by atoms with Gasteiger partial charge in [0.05, 0.1) is 30.4 Å². The minimum atomic E-state index is -3.96. The number of amides is 3. The van der Waals surface area contributed by atoms with E-state index in [0.29, 0.717) is 12.5 Å². The Balaban J connectivity index is 1.17. The van der Waals surface area contributed by atoms with Crippen molar-refractivity contribution in [2.75, 3.05) is 34.8 Å². The molecule has 3 aliphatic heterocycles. The normalized spacial score (nSPS) is 30.2. The summed E-state index contributed by atoms with van der Waals surface area (Å²) in [5.41, 5.74) is 5.80. The molecule has 2 saturated heterocycles. The van der Waals surface area contributed by atoms with Crippen LogP contribution in [-0.4, -0.2) is 97.7 Å². The highest BCUT2D eigenvalue weighted by Crippen LogP contribution is 2.65. The molecule has 3 amide bonds. The zero-order valence-electron chi connectivity index (χ0n) is 28.6. The molecule has 5 fully saturated rings. The van der Waals surface area contributed by atoms with Crippen LogP contribution in [0.1, 0.15) is 84.7 Å². The largest absolute Gasteiger partial charge is 0.497 e. The van der Waals surface area contributed by atoms with Gasteiger partial charge in [0.2, 0.25) is 0 Å². The number of ether oxygens (including phenoxy) is 1. The number of fused-ring (bicyclic) bond motifs is 7. The van der Waals surface area contributed by atoms with Crippen molar-refractivity contribution >= 4 is 39.3 Å². The molecule has 5 unspecified atom stereocenters. The first-order chi connectivity index (χ1) is 23.5. The van der Waals surface area contributed by atoms with Crippen LogP contribution < -0.4 is 9.46 Å². The molecule has 3 aliphatic carbocycles. The summed E-state index contributed by atoms with van der Waals surface area (Å²) in [6.07, 6.45) is 10.8. The smallest absolute Gasteiger partial charge is 0.343 e. The molecule has 12 heteroatoms. The third-order valence-electron chi connectivity index (χ3n) is 13.0. The predicted molar refractivity (Wildman–Crippen MR) is 188 cm³/mol. The van der Waals surface area contributed by atoms with Crippen molar-refractivity contribution in [3.8, 4) is 17.0 Å². The van der Waals surface area contributed by atoms with Crippen LogP contribution in [0.2, 0.25) is 0 Å². The first kappa shape index (κ1) is 31.3. The Kier molecular flexibility index (Phi) is 6.78. The van der Waals surface area contributed by atoms with Gasteiger partial charge < -0.3 is 14.2 Å². The van der Waals surface area contributed by atoms with Crippen molar-refractivity contribution in [2.45, 2.75) is 87.4 Å². The Labute approximate surface area is 287 Å². The third kappa shape index (κ3) is 4.32. The van der Waals surface area contributed by atoms with Crippen molar-refractivity contribution < 1.29 is 22.7 Å². The molecular weight excluding hydrogens is 641 g/mol. The Morgan fingerprint density at radius 1 is 1.06 bits per heavy atom. The Morgan fingerprint density at radius 2 is 1.86 bits per heavy atom. The predicted octanol–water partition coefficient (Wildman–Crippen LogP) is 5.11. The van der Waals surface area contributed by atoms with Crippen molar-refractivity contribution in [1.29, 1.82) is 0 Å². The molecule has 2 aromatic carbocycles. The van der Waals surface area contributed by atoms with Crippen molar-refractivity contribution in [2.24, 2.45) is 10.4 Å². The lowest BCUT2D eigenvalue weighted by Crippen LogP contribution is -2.95. The van der Waals surface area contributed by atoms with Gasteiger partial charge in [-0.2, -0.15) is 12.7 Å². The molecule has 3 saturated carbocycles. The van der Waals surface area contributed by atoms with Gasteiger partial charge in [-0.1, -0.05) is 25.3 Å². The fourth-order valence-electron chi connectivity index (χ4n) is 10.1. The topological polar surface area (TPSA) is 117 Å². The highest BCUT2D eigenvalue weighted by Gasteiger charge is 2.75. The zero-order valence-corrected chi connectivity index (χ0v) is 29.4. The number of carbonyl (C=O) groups excluding carboxylic acids is 2. The second kappa shape index (κ2) is 10.6. The maximum Gasteiger partial charge on any atom is 0.343 e. The summed E-state index contributed by atoms with van der Waals surface area (Å²) >= 11 is 0. The van der Waals surface area contributed by atoms with E-state index in [1.54, 1.807) is 13.2 Å². The fraction of sp³-hybridized carbons (Fsp3) is 0.541. The lowest BCUT2D eigenvalue weighted by atomic mass is 9.52. The first-order valence-electron chi connectivity index (χ1n) is 17.7. The number of likely N-dealkylation sites (tertiary alicyclic amines) is 2. The number of urea groups is 1. The number of hydrogen-bond acceptors (Lipinski definition) is 6. The summed E-state index contributed by atoms with van der Waals surface area (Å²) in [7, 11) is 2.67. The highest BCUT2D eigenvalue weighted by molar-refractivity contribution is 7.87. The van der Waals surface area contributed by atoms with E-state index in [1.165, 1.54) is 44.5 Å². The van der Waals surface area contributed by atoms with Gasteiger partial charge in [-0.15, -0.1) is 0 Å². The number of nitrogens with one attached hydrogen (secondary N) is 1. The molecule has 4 heterocycles. The number of piperidine rings is 1. The maximum atomic E-state index is 13.7. The second-order valence-electron chi connectivity index (χ2n) is 15.5. The van der Waals surface area contributed by atoms with E-state index >= 15 is 0 Å². The molecule has 0 bridgehead atoms. The number of rotatable bonds is 6. The molecule has 11 nitrogen and oxygen atoms in total. The molecule has 3 aromatic rings. The van der Waals surface area contributed by atoms with Gasteiger partial charge in [0.25, 0.3) is 5.91 Å². The number of nitrogens with zero attached hydrogens (tertiary/aromatic N) is 5. The number of methoxy groups -OCH3 is 1. The van der Waals surface area contributed by atoms with Gasteiger partial charge >= 0.3 is 16.2 Å². The standard InChI is InChI=1S/C37H44N6O5S/c1-40(2)49(46,47)39-34(44)23-10-12-26-29(16-23)42-21-36(20-38-35(45)43-30-14-15-37(30)31(43)19-41(37)3)18-28(36)27-17-24(48-4)11-13-25(27)33(42)32(26)22-8-6-5-7-9-22/h10-13,16-17,20,22,28,30-31H,5-9,14-15,18-19,21H2,1-4H3,(H,39,44)/b38-20+. The van der Waals surface area contributed by atoms with Gasteiger partial charge in [-0.05, 0) is 92.4 Å². The number of aromatic nitrogens is 1. The number of hydrogen-bond donors (Lipinski definition) is 1. The summed E-state index contributed by atoms with van der Waals surface area (Å²) in [6, 6.07) is 12.3. The van der Waals surface area contributed by atoms with Crippen LogP contribution in [0, 0.1) is 5.41 Å². The molecule has 1 aromatic heterocycles. The monoisotopic (exact) mass is 684 g/mol. The van der Waals surface area contributed by atoms with Gasteiger partial charge in [0, 0.05) is 60.8 Å². The van der Waals surface area contributed by atoms with Crippen molar-refractivity contribution in [3.05, 3.63) is 53.1 Å². The Hall–Kier alpha value is -3.74. The molecular formula is C37H44N6O5S. The Bertz CT molecular complexity index is 2060. The SMILES string of the molecule is COc1ccc2c(c1)C1CC1(/C=N/C(=O)N1C3CCC34C1CN4C)Cn1c-2c(C2CCCCC2)c2ccc(C(=O)NS(=O)(=O)N(C)C)cc21. The van der Waals surface area contributed by atoms with Crippen LogP contribution in [0.15, 0.2) is 41.4 Å². The molecule has 1 N–H and O–H groups in total. The molecule has 1 spiro atoms. The number of carbonyl (C=O) groups is 2. The van der Waals surface area contributed by atoms with Crippen LogP contribution in [0.5, 0.6) is 5.75 Å². The van der Waals surface area contributed by atoms with Crippen LogP contribution in [-0.2, 0) is 16.8 Å². The highest BCUT2D eigenvalue weighted by atomic mass is 32.2. The number of aliphatic imine (C=N–C) groups is 1. The lowest BCUT2D eigenvalue weighted by Gasteiger charge is -2.79. The van der Waals surface area contributed by atoms with E-state index in [9.17, 15) is 18.0 Å². The third-order valence-corrected chi connectivity index (χ3v) is 14.4. The van der Waals surface area contributed by atoms with Gasteiger partial charge in [0.15, 0.2) is 0 Å². The van der Waals surface area contributed by atoms with Crippen LogP contribution in [0.25, 0.3) is 22.2 Å². The molecule has 9 rings (SSSR count). The molecule has 258 valence electrons. The van der Waals surface area contributed by atoms with E-state index in [4.69, 9.17) is 9.73 Å². The minimum Gasteiger partial charge on any atom is -0.497 e. The van der Waals surface area contributed by atoms with Crippen molar-refractivity contribution in [1.82, 2.24) is 23.4 Å². The van der Waals surface area contributed by atoms with E-state index in [2.05, 4.69) is 33.4 Å². The number of benzene rings is 2. The summed E-state index contributed by atoms with van der Waals surface area (Å²) in [6.45, 7) is 1.51. The number of likely N-dealkylation sites (N-methyl/N-ethyl adjacent to an activating group) is 1. The first-order valence-corrected chi connectivity index (χ1v) is 19.1.